The molecule has 250 valence electrons. The monoisotopic (exact) mass is 595 g/mol. The zero-order valence-corrected chi connectivity index (χ0v) is 28.6. The van der Waals surface area contributed by atoms with Gasteiger partial charge in [0.25, 0.3) is 0 Å². The number of carboxylic acid groups (broad SMARTS) is 1. The van der Waals surface area contributed by atoms with Crippen molar-refractivity contribution in [3.63, 3.8) is 0 Å². The first kappa shape index (κ1) is 39.4. The van der Waals surface area contributed by atoms with Gasteiger partial charge < -0.3 is 15.1 Å². The maximum absolute atomic E-state index is 12.7. The summed E-state index contributed by atoms with van der Waals surface area (Å²) < 4.78 is 0. The van der Waals surface area contributed by atoms with Crippen LogP contribution in [0.15, 0.2) is 0 Å². The number of aliphatic hydroxyl groups excluding tert-OH is 1. The quantitative estimate of drug-likeness (QED) is 0.0810. The van der Waals surface area contributed by atoms with Crippen molar-refractivity contribution in [1.82, 2.24) is 9.80 Å². The smallest absolute Gasteiger partial charge is 0.321 e. The van der Waals surface area contributed by atoms with Gasteiger partial charge in [-0.2, -0.15) is 0 Å². The maximum atomic E-state index is 12.7. The van der Waals surface area contributed by atoms with Crippen molar-refractivity contribution in [2.75, 3.05) is 32.7 Å². The lowest BCUT2D eigenvalue weighted by atomic mass is 9.81. The summed E-state index contributed by atoms with van der Waals surface area (Å²) in [6.45, 7) is 11.9. The molecule has 5 nitrogen and oxygen atoms in total. The van der Waals surface area contributed by atoms with Crippen LogP contribution in [0.25, 0.3) is 0 Å². The summed E-state index contributed by atoms with van der Waals surface area (Å²) in [7, 11) is 0. The molecule has 1 aliphatic rings. The number of aliphatic carboxylic acids is 1. The molecular weight excluding hydrogens is 520 g/mol. The molecule has 0 radical (unpaired) electrons. The standard InChI is InChI=1S/C37H74N2O3/c1-4-7-10-13-16-19-22-29-38(30-23-20-17-14-11-8-5-2)32-33-39(31-24-21-18-15-12-9-6-3)36(37(41)42)34-25-27-35(40)28-26-34/h34-36,40H,4-33H2,1-3H3,(H,41,42). The van der Waals surface area contributed by atoms with Gasteiger partial charge in [-0.1, -0.05) is 136 Å². The summed E-state index contributed by atoms with van der Waals surface area (Å²) in [4.78, 5) is 17.7. The van der Waals surface area contributed by atoms with Crippen LogP contribution in [0, 0.1) is 5.92 Å². The lowest BCUT2D eigenvalue weighted by Crippen LogP contribution is -2.50. The van der Waals surface area contributed by atoms with Gasteiger partial charge in [-0.05, 0) is 70.5 Å². The molecule has 0 heterocycles. The molecule has 0 aromatic heterocycles. The molecule has 1 atom stereocenters. The van der Waals surface area contributed by atoms with Gasteiger partial charge in [0.15, 0.2) is 0 Å². The maximum Gasteiger partial charge on any atom is 0.321 e. The number of aliphatic hydroxyl groups is 1. The Kier molecular flexibility index (Phi) is 26.1. The SMILES string of the molecule is CCCCCCCCCN(CCCCCCCCC)CCN(CCCCCCCCC)C(C(=O)O)C1CCC(O)CC1. The Morgan fingerprint density at radius 2 is 0.929 bits per heavy atom. The van der Waals surface area contributed by atoms with E-state index < -0.39 is 12.0 Å². The molecule has 0 aromatic rings. The summed E-state index contributed by atoms with van der Waals surface area (Å²) in [6, 6.07) is -0.406. The van der Waals surface area contributed by atoms with Crippen molar-refractivity contribution >= 4 is 5.97 Å². The molecule has 1 saturated carbocycles. The van der Waals surface area contributed by atoms with Gasteiger partial charge in [0, 0.05) is 13.1 Å². The van der Waals surface area contributed by atoms with E-state index in [1.807, 2.05) is 0 Å². The highest BCUT2D eigenvalue weighted by Gasteiger charge is 2.35. The van der Waals surface area contributed by atoms with Crippen LogP contribution in [0.4, 0.5) is 0 Å². The predicted octanol–water partition coefficient (Wildman–Crippen LogP) is 9.85. The minimum atomic E-state index is -0.648. The Bertz CT molecular complexity index is 576. The summed E-state index contributed by atoms with van der Waals surface area (Å²) in [5.74, 6) is -0.486. The minimum Gasteiger partial charge on any atom is -0.480 e. The molecule has 1 fully saturated rings. The Balaban J connectivity index is 2.73. The van der Waals surface area contributed by atoms with Crippen molar-refractivity contribution in [1.29, 1.82) is 0 Å². The predicted molar refractivity (Wildman–Crippen MR) is 181 cm³/mol. The largest absolute Gasteiger partial charge is 0.480 e. The fraction of sp³-hybridized carbons (Fsp3) is 0.973. The molecule has 1 rings (SSSR count). The van der Waals surface area contributed by atoms with Crippen molar-refractivity contribution in [3.05, 3.63) is 0 Å². The van der Waals surface area contributed by atoms with E-state index in [1.54, 1.807) is 0 Å². The minimum absolute atomic E-state index is 0.162. The lowest BCUT2D eigenvalue weighted by Gasteiger charge is -2.38. The van der Waals surface area contributed by atoms with E-state index in [2.05, 4.69) is 30.6 Å². The fourth-order valence-electron chi connectivity index (χ4n) is 6.93. The highest BCUT2D eigenvalue weighted by Crippen LogP contribution is 2.30. The topological polar surface area (TPSA) is 64.0 Å². The number of hydrogen-bond acceptors (Lipinski definition) is 4. The first-order chi connectivity index (χ1) is 20.5. The third kappa shape index (κ3) is 20.3. The number of carbonyl (C=O) groups is 1. The van der Waals surface area contributed by atoms with Gasteiger partial charge in [0.1, 0.15) is 6.04 Å². The van der Waals surface area contributed by atoms with E-state index in [9.17, 15) is 15.0 Å². The van der Waals surface area contributed by atoms with Crippen molar-refractivity contribution < 1.29 is 15.0 Å². The van der Waals surface area contributed by atoms with Crippen LogP contribution in [-0.4, -0.2) is 70.9 Å². The van der Waals surface area contributed by atoms with E-state index in [0.29, 0.717) is 0 Å². The number of nitrogens with zero attached hydrogens (tertiary/aromatic N) is 2. The van der Waals surface area contributed by atoms with Gasteiger partial charge in [-0.15, -0.1) is 0 Å². The summed E-state index contributed by atoms with van der Waals surface area (Å²) >= 11 is 0. The van der Waals surface area contributed by atoms with Crippen molar-refractivity contribution in [2.45, 2.75) is 193 Å². The van der Waals surface area contributed by atoms with Crippen LogP contribution in [0.5, 0.6) is 0 Å². The molecule has 0 aromatic carbocycles. The molecule has 2 N–H and O–H groups in total. The van der Waals surface area contributed by atoms with Gasteiger partial charge in [0.2, 0.25) is 0 Å². The number of unbranched alkanes of at least 4 members (excludes halogenated alkanes) is 18. The van der Waals surface area contributed by atoms with Crippen LogP contribution >= 0.6 is 0 Å². The Labute approximate surface area is 262 Å². The van der Waals surface area contributed by atoms with Crippen molar-refractivity contribution in [2.24, 2.45) is 5.92 Å². The van der Waals surface area contributed by atoms with Crippen LogP contribution in [0.1, 0.15) is 181 Å². The zero-order valence-electron chi connectivity index (χ0n) is 28.6. The third-order valence-electron chi connectivity index (χ3n) is 9.74. The second-order valence-electron chi connectivity index (χ2n) is 13.6. The molecule has 0 amide bonds. The van der Waals surface area contributed by atoms with Crippen LogP contribution in [0.3, 0.4) is 0 Å². The number of rotatable bonds is 30. The van der Waals surface area contributed by atoms with Crippen molar-refractivity contribution in [3.8, 4) is 0 Å². The van der Waals surface area contributed by atoms with E-state index >= 15 is 0 Å². The summed E-state index contributed by atoms with van der Waals surface area (Å²) in [6.07, 6.45) is 30.5. The van der Waals surface area contributed by atoms with E-state index in [1.165, 1.54) is 128 Å². The van der Waals surface area contributed by atoms with Gasteiger partial charge in [-0.25, -0.2) is 0 Å². The highest BCUT2D eigenvalue weighted by molar-refractivity contribution is 5.74. The zero-order chi connectivity index (χ0) is 30.7. The van der Waals surface area contributed by atoms with Gasteiger partial charge in [0.05, 0.1) is 6.10 Å². The molecule has 0 spiro atoms. The first-order valence-corrected chi connectivity index (χ1v) is 18.9. The molecule has 0 saturated heterocycles. The Morgan fingerprint density at radius 1 is 0.548 bits per heavy atom. The van der Waals surface area contributed by atoms with Crippen LogP contribution < -0.4 is 0 Å². The fourth-order valence-corrected chi connectivity index (χ4v) is 6.93. The third-order valence-corrected chi connectivity index (χ3v) is 9.74. The molecule has 1 unspecified atom stereocenters. The normalized spacial score (nSPS) is 18.2. The average molecular weight is 595 g/mol. The highest BCUT2D eigenvalue weighted by atomic mass is 16.4. The lowest BCUT2D eigenvalue weighted by molar-refractivity contribution is -0.146. The van der Waals surface area contributed by atoms with Crippen LogP contribution in [-0.2, 0) is 4.79 Å². The molecule has 5 heteroatoms. The number of carboxylic acids is 1. The Morgan fingerprint density at radius 3 is 1.33 bits per heavy atom. The van der Waals surface area contributed by atoms with Crippen LogP contribution in [0.2, 0.25) is 0 Å². The summed E-state index contributed by atoms with van der Waals surface area (Å²) in [5, 5.41) is 20.5. The second-order valence-corrected chi connectivity index (χ2v) is 13.6. The first-order valence-electron chi connectivity index (χ1n) is 18.9. The van der Waals surface area contributed by atoms with E-state index in [0.717, 1.165) is 64.8 Å². The molecule has 42 heavy (non-hydrogen) atoms. The Hall–Kier alpha value is -0.650. The van der Waals surface area contributed by atoms with Gasteiger partial charge in [-0.3, -0.25) is 9.69 Å². The molecule has 1 aliphatic carbocycles. The number of hydrogen-bond donors (Lipinski definition) is 2. The average Bonchev–Trinajstić information content (AvgIpc) is 2.98. The molecular formula is C37H74N2O3. The second kappa shape index (κ2) is 27.9. The summed E-state index contributed by atoms with van der Waals surface area (Å²) in [5.41, 5.74) is 0. The van der Waals surface area contributed by atoms with Gasteiger partial charge >= 0.3 is 5.97 Å². The molecule has 0 aliphatic heterocycles. The van der Waals surface area contributed by atoms with E-state index in [-0.39, 0.29) is 12.0 Å². The van der Waals surface area contributed by atoms with E-state index in [4.69, 9.17) is 0 Å². The molecule has 0 bridgehead atoms.